The summed E-state index contributed by atoms with van der Waals surface area (Å²) >= 11 is 0. The summed E-state index contributed by atoms with van der Waals surface area (Å²) in [6.45, 7) is 4.89. The summed E-state index contributed by atoms with van der Waals surface area (Å²) in [7, 11) is 0. The highest BCUT2D eigenvalue weighted by Gasteiger charge is 2.44. The lowest BCUT2D eigenvalue weighted by Gasteiger charge is -2.18. The molecule has 118 valence electrons. The van der Waals surface area contributed by atoms with Crippen molar-refractivity contribution in [3.63, 3.8) is 0 Å². The Labute approximate surface area is 127 Å². The van der Waals surface area contributed by atoms with Gasteiger partial charge in [-0.05, 0) is 37.1 Å². The first kappa shape index (κ1) is 15.0. The molecule has 0 aromatic heterocycles. The normalized spacial score (nSPS) is 29.2. The Hall–Kier alpha value is -1.92. The Morgan fingerprint density at radius 2 is 1.27 bits per heavy atom. The predicted octanol–water partition coefficient (Wildman–Crippen LogP) is 1.75. The van der Waals surface area contributed by atoms with Gasteiger partial charge in [-0.3, -0.25) is 0 Å². The summed E-state index contributed by atoms with van der Waals surface area (Å²) < 4.78 is 10.7. The average molecular weight is 306 g/mol. The van der Waals surface area contributed by atoms with E-state index in [1.54, 1.807) is 0 Å². The van der Waals surface area contributed by atoms with Gasteiger partial charge in [0.15, 0.2) is 0 Å². The van der Waals surface area contributed by atoms with Crippen molar-refractivity contribution in [3.05, 3.63) is 34.4 Å². The summed E-state index contributed by atoms with van der Waals surface area (Å²) in [6.07, 6.45) is 0.780. The molecule has 0 saturated carbocycles. The highest BCUT2D eigenvalue weighted by molar-refractivity contribution is 5.95. The fraction of sp³-hybridized carbons (Fsp3) is 0.500. The van der Waals surface area contributed by atoms with Crippen LogP contribution in [0.15, 0.2) is 12.1 Å². The van der Waals surface area contributed by atoms with Crippen LogP contribution in [0, 0.1) is 0 Å². The minimum atomic E-state index is -1.06. The number of carboxylic acid groups (broad SMARTS) is 2. The highest BCUT2D eigenvalue weighted by atomic mass is 16.6. The van der Waals surface area contributed by atoms with Gasteiger partial charge in [-0.25, -0.2) is 9.59 Å². The van der Waals surface area contributed by atoms with Crippen LogP contribution in [0.1, 0.15) is 45.7 Å². The first-order valence-electron chi connectivity index (χ1n) is 7.12. The molecule has 22 heavy (non-hydrogen) atoms. The summed E-state index contributed by atoms with van der Waals surface area (Å²) in [5.41, 5.74) is 0.568. The van der Waals surface area contributed by atoms with Crippen LogP contribution in [-0.2, 0) is 22.3 Å². The molecular formula is C16H18O6. The van der Waals surface area contributed by atoms with Crippen LogP contribution in [-0.4, -0.2) is 46.6 Å². The van der Waals surface area contributed by atoms with Crippen LogP contribution in [0.25, 0.3) is 0 Å². The molecule has 3 rings (SSSR count). The molecule has 1 aromatic carbocycles. The van der Waals surface area contributed by atoms with Gasteiger partial charge in [-0.1, -0.05) is 0 Å². The standard InChI is InChI=1S/C16H18O6/c1-15(7-21-15)5-11-9(13(17)18)3-4-10(14(19)20)12(11)6-16(2)8-22-16/h3-4H,5-8H2,1-2H3,(H,17,18)(H,19,20). The maximum atomic E-state index is 11.5. The van der Waals surface area contributed by atoms with E-state index in [2.05, 4.69) is 0 Å². The molecule has 2 N–H and O–H groups in total. The van der Waals surface area contributed by atoms with Gasteiger partial charge in [-0.2, -0.15) is 0 Å². The number of hydrogen-bond donors (Lipinski definition) is 2. The second-order valence-corrected chi connectivity index (χ2v) is 6.56. The molecule has 2 unspecified atom stereocenters. The van der Waals surface area contributed by atoms with Gasteiger partial charge in [-0.15, -0.1) is 0 Å². The molecule has 1 aromatic rings. The predicted molar refractivity (Wildman–Crippen MR) is 76.5 cm³/mol. The highest BCUT2D eigenvalue weighted by Crippen LogP contribution is 2.38. The van der Waals surface area contributed by atoms with Crippen molar-refractivity contribution < 1.29 is 29.3 Å². The number of hydrogen-bond acceptors (Lipinski definition) is 4. The molecule has 2 saturated heterocycles. The molecular weight excluding hydrogens is 288 g/mol. The molecule has 0 amide bonds. The first-order valence-corrected chi connectivity index (χ1v) is 7.12. The zero-order valence-corrected chi connectivity index (χ0v) is 12.5. The molecule has 0 bridgehead atoms. The van der Waals surface area contributed by atoms with E-state index in [-0.39, 0.29) is 11.1 Å². The van der Waals surface area contributed by atoms with Crippen LogP contribution in [0.5, 0.6) is 0 Å². The lowest BCUT2D eigenvalue weighted by atomic mass is 9.85. The van der Waals surface area contributed by atoms with Gasteiger partial charge in [0, 0.05) is 12.8 Å². The van der Waals surface area contributed by atoms with Gasteiger partial charge in [0.05, 0.1) is 35.5 Å². The van der Waals surface area contributed by atoms with E-state index < -0.39 is 23.1 Å². The summed E-state index contributed by atoms with van der Waals surface area (Å²) in [4.78, 5) is 23.0. The second kappa shape index (κ2) is 4.79. The molecule has 2 atom stereocenters. The molecule has 2 aliphatic rings. The molecule has 6 heteroatoms. The van der Waals surface area contributed by atoms with Gasteiger partial charge < -0.3 is 19.7 Å². The summed E-state index contributed by atoms with van der Waals surface area (Å²) in [5, 5.41) is 18.9. The number of epoxide rings is 2. The quantitative estimate of drug-likeness (QED) is 0.777. The molecule has 0 aliphatic carbocycles. The second-order valence-electron chi connectivity index (χ2n) is 6.56. The minimum Gasteiger partial charge on any atom is -0.478 e. The monoisotopic (exact) mass is 306 g/mol. The van der Waals surface area contributed by atoms with Crippen molar-refractivity contribution in [2.24, 2.45) is 0 Å². The van der Waals surface area contributed by atoms with Crippen molar-refractivity contribution in [2.45, 2.75) is 37.9 Å². The molecule has 0 radical (unpaired) electrons. The number of benzene rings is 1. The smallest absolute Gasteiger partial charge is 0.335 e. The van der Waals surface area contributed by atoms with Crippen LogP contribution < -0.4 is 0 Å². The van der Waals surface area contributed by atoms with Crippen molar-refractivity contribution in [2.75, 3.05) is 13.2 Å². The zero-order valence-electron chi connectivity index (χ0n) is 12.5. The molecule has 0 spiro atoms. The fourth-order valence-electron chi connectivity index (χ4n) is 2.70. The summed E-state index contributed by atoms with van der Waals surface area (Å²) in [5.74, 6) is -2.11. The van der Waals surface area contributed by atoms with Crippen molar-refractivity contribution >= 4 is 11.9 Å². The fourth-order valence-corrected chi connectivity index (χ4v) is 2.70. The van der Waals surface area contributed by atoms with Gasteiger partial charge >= 0.3 is 11.9 Å². The zero-order chi connectivity index (χ0) is 16.1. The number of aromatic carboxylic acids is 2. The van der Waals surface area contributed by atoms with Crippen molar-refractivity contribution in [1.82, 2.24) is 0 Å². The van der Waals surface area contributed by atoms with Crippen LogP contribution in [0.4, 0.5) is 0 Å². The third-order valence-electron chi connectivity index (χ3n) is 4.27. The SMILES string of the molecule is CC1(Cc2c(C(=O)O)ccc(C(=O)O)c2CC2(C)CO2)CO1. The Morgan fingerprint density at radius 1 is 0.955 bits per heavy atom. The largest absolute Gasteiger partial charge is 0.478 e. The number of ether oxygens (including phenoxy) is 2. The Bertz CT molecular complexity index is 598. The van der Waals surface area contributed by atoms with E-state index >= 15 is 0 Å². The van der Waals surface area contributed by atoms with Crippen molar-refractivity contribution in [3.8, 4) is 0 Å². The van der Waals surface area contributed by atoms with Gasteiger partial charge in [0.25, 0.3) is 0 Å². The average Bonchev–Trinajstić information content (AvgIpc) is 3.32. The van der Waals surface area contributed by atoms with E-state index in [1.165, 1.54) is 12.1 Å². The molecule has 2 aliphatic heterocycles. The molecule has 2 heterocycles. The maximum Gasteiger partial charge on any atom is 0.335 e. The number of carboxylic acids is 2. The van der Waals surface area contributed by atoms with E-state index in [4.69, 9.17) is 9.47 Å². The lowest BCUT2D eigenvalue weighted by Crippen LogP contribution is -2.21. The van der Waals surface area contributed by atoms with Gasteiger partial charge in [0.2, 0.25) is 0 Å². The number of carbonyl (C=O) groups is 2. The third-order valence-corrected chi connectivity index (χ3v) is 4.27. The van der Waals surface area contributed by atoms with Crippen LogP contribution in [0.3, 0.4) is 0 Å². The van der Waals surface area contributed by atoms with Crippen LogP contribution in [0.2, 0.25) is 0 Å². The van der Waals surface area contributed by atoms with E-state index in [1.807, 2.05) is 13.8 Å². The van der Waals surface area contributed by atoms with E-state index in [0.717, 1.165) is 0 Å². The minimum absolute atomic E-state index is 0.140. The third kappa shape index (κ3) is 2.84. The summed E-state index contributed by atoms with van der Waals surface area (Å²) in [6, 6.07) is 2.74. The first-order chi connectivity index (χ1) is 10.2. The maximum absolute atomic E-state index is 11.5. The van der Waals surface area contributed by atoms with Crippen LogP contribution >= 0.6 is 0 Å². The lowest BCUT2D eigenvalue weighted by molar-refractivity contribution is 0.0678. The van der Waals surface area contributed by atoms with Crippen molar-refractivity contribution in [1.29, 1.82) is 0 Å². The molecule has 2 fully saturated rings. The Kier molecular flexibility index (Phi) is 3.27. The Morgan fingerprint density at radius 3 is 1.50 bits per heavy atom. The molecule has 6 nitrogen and oxygen atoms in total. The van der Waals surface area contributed by atoms with E-state index in [9.17, 15) is 19.8 Å². The van der Waals surface area contributed by atoms with E-state index in [0.29, 0.717) is 37.2 Å². The van der Waals surface area contributed by atoms with Gasteiger partial charge in [0.1, 0.15) is 0 Å². The topological polar surface area (TPSA) is 99.7 Å². The Balaban J connectivity index is 2.12. The number of rotatable bonds is 6.